The van der Waals surface area contributed by atoms with E-state index in [0.717, 1.165) is 0 Å². The Morgan fingerprint density at radius 1 is 0.875 bits per heavy atom. The molecule has 0 aliphatic heterocycles. The van der Waals surface area contributed by atoms with Crippen molar-refractivity contribution in [2.24, 2.45) is 0 Å². The summed E-state index contributed by atoms with van der Waals surface area (Å²) >= 11 is 0. The van der Waals surface area contributed by atoms with Gasteiger partial charge in [-0.3, -0.25) is 4.79 Å². The largest absolute Gasteiger partial charge is 0.573 e. The van der Waals surface area contributed by atoms with Gasteiger partial charge in [0.05, 0.1) is 5.56 Å². The van der Waals surface area contributed by atoms with Crippen LogP contribution < -0.4 is 10.1 Å². The highest BCUT2D eigenvalue weighted by Crippen LogP contribution is 2.34. The van der Waals surface area contributed by atoms with Crippen LogP contribution in [0.2, 0.25) is 0 Å². The van der Waals surface area contributed by atoms with Crippen molar-refractivity contribution in [1.82, 2.24) is 0 Å². The molecule has 0 heterocycles. The second-order valence-corrected chi connectivity index (χ2v) is 5.03. The number of amides is 1. The SMILES string of the molecule is O=C(Nc1ccccc1)c1ccc2ccccc2c1OC(F)(F)F. The summed E-state index contributed by atoms with van der Waals surface area (Å²) in [5.74, 6) is -1.18. The summed E-state index contributed by atoms with van der Waals surface area (Å²) in [7, 11) is 0. The molecule has 3 aromatic carbocycles. The van der Waals surface area contributed by atoms with Crippen LogP contribution in [0.15, 0.2) is 66.7 Å². The Kier molecular flexibility index (Phi) is 4.12. The molecule has 0 radical (unpaired) electrons. The Morgan fingerprint density at radius 3 is 2.25 bits per heavy atom. The van der Waals surface area contributed by atoms with Crippen LogP contribution in [0.4, 0.5) is 18.9 Å². The van der Waals surface area contributed by atoms with E-state index < -0.39 is 18.0 Å². The number of anilines is 1. The Hall–Kier alpha value is -3.02. The summed E-state index contributed by atoms with van der Waals surface area (Å²) in [5.41, 5.74) is 0.295. The first kappa shape index (κ1) is 15.9. The normalized spacial score (nSPS) is 11.3. The van der Waals surface area contributed by atoms with Crippen molar-refractivity contribution in [2.45, 2.75) is 6.36 Å². The number of rotatable bonds is 3. The van der Waals surface area contributed by atoms with Crippen LogP contribution in [0.5, 0.6) is 5.75 Å². The monoisotopic (exact) mass is 331 g/mol. The minimum atomic E-state index is -4.90. The zero-order chi connectivity index (χ0) is 17.2. The zero-order valence-corrected chi connectivity index (χ0v) is 12.3. The van der Waals surface area contributed by atoms with Crippen molar-refractivity contribution in [3.05, 3.63) is 72.3 Å². The first-order chi connectivity index (χ1) is 11.4. The second kappa shape index (κ2) is 6.23. The molecule has 0 saturated carbocycles. The van der Waals surface area contributed by atoms with Gasteiger partial charge in [0.25, 0.3) is 5.91 Å². The smallest absolute Gasteiger partial charge is 0.404 e. The van der Waals surface area contributed by atoms with E-state index >= 15 is 0 Å². The third-order valence-electron chi connectivity index (χ3n) is 3.37. The van der Waals surface area contributed by atoms with Gasteiger partial charge in [0.15, 0.2) is 0 Å². The summed E-state index contributed by atoms with van der Waals surface area (Å²) in [6, 6.07) is 17.8. The number of benzene rings is 3. The van der Waals surface area contributed by atoms with Gasteiger partial charge in [0, 0.05) is 11.1 Å². The summed E-state index contributed by atoms with van der Waals surface area (Å²) < 4.78 is 42.5. The maximum Gasteiger partial charge on any atom is 0.573 e. The molecule has 1 N–H and O–H groups in total. The molecular formula is C18H12F3NO2. The van der Waals surface area contributed by atoms with Crippen LogP contribution >= 0.6 is 0 Å². The lowest BCUT2D eigenvalue weighted by Crippen LogP contribution is -2.21. The number of para-hydroxylation sites is 1. The predicted octanol–water partition coefficient (Wildman–Crippen LogP) is 4.99. The molecule has 6 heteroatoms. The van der Waals surface area contributed by atoms with E-state index in [2.05, 4.69) is 10.1 Å². The number of alkyl halides is 3. The van der Waals surface area contributed by atoms with Gasteiger partial charge in [-0.1, -0.05) is 48.5 Å². The number of ether oxygens (including phenoxy) is 1. The molecule has 24 heavy (non-hydrogen) atoms. The van der Waals surface area contributed by atoms with Gasteiger partial charge < -0.3 is 10.1 Å². The van der Waals surface area contributed by atoms with E-state index in [1.807, 2.05) is 0 Å². The lowest BCUT2D eigenvalue weighted by Gasteiger charge is -2.15. The van der Waals surface area contributed by atoms with E-state index in [1.54, 1.807) is 54.6 Å². The van der Waals surface area contributed by atoms with E-state index in [9.17, 15) is 18.0 Å². The van der Waals surface area contributed by atoms with E-state index in [4.69, 9.17) is 0 Å². The van der Waals surface area contributed by atoms with Gasteiger partial charge >= 0.3 is 6.36 Å². The molecule has 0 saturated heterocycles. The van der Waals surface area contributed by atoms with Crippen molar-refractivity contribution in [2.75, 3.05) is 5.32 Å². The van der Waals surface area contributed by atoms with Gasteiger partial charge in [-0.15, -0.1) is 13.2 Å². The third-order valence-corrected chi connectivity index (χ3v) is 3.37. The summed E-state index contributed by atoms with van der Waals surface area (Å²) in [6.07, 6.45) is -4.90. The minimum absolute atomic E-state index is 0.185. The van der Waals surface area contributed by atoms with Crippen molar-refractivity contribution >= 4 is 22.4 Å². The first-order valence-corrected chi connectivity index (χ1v) is 7.08. The summed E-state index contributed by atoms with van der Waals surface area (Å²) in [6.45, 7) is 0. The third kappa shape index (κ3) is 3.48. The first-order valence-electron chi connectivity index (χ1n) is 7.08. The fourth-order valence-electron chi connectivity index (χ4n) is 2.37. The summed E-state index contributed by atoms with van der Waals surface area (Å²) in [5, 5.41) is 3.33. The predicted molar refractivity (Wildman–Crippen MR) is 85.0 cm³/mol. The van der Waals surface area contributed by atoms with Crippen LogP contribution in [0.25, 0.3) is 10.8 Å². The second-order valence-electron chi connectivity index (χ2n) is 5.03. The molecule has 0 aliphatic carbocycles. The average molecular weight is 331 g/mol. The van der Waals surface area contributed by atoms with Crippen LogP contribution in [-0.4, -0.2) is 12.3 Å². The van der Waals surface area contributed by atoms with E-state index in [1.165, 1.54) is 12.1 Å². The number of nitrogens with one attached hydrogen (secondary N) is 1. The van der Waals surface area contributed by atoms with Crippen LogP contribution in [0.1, 0.15) is 10.4 Å². The van der Waals surface area contributed by atoms with Gasteiger partial charge in [-0.25, -0.2) is 0 Å². The van der Waals surface area contributed by atoms with E-state index in [0.29, 0.717) is 11.1 Å². The number of fused-ring (bicyclic) bond motifs is 1. The zero-order valence-electron chi connectivity index (χ0n) is 12.3. The molecular weight excluding hydrogens is 319 g/mol. The standard InChI is InChI=1S/C18H12F3NO2/c19-18(20,21)24-16-14-9-5-4-6-12(14)10-11-15(16)17(23)22-13-7-2-1-3-8-13/h1-11H,(H,22,23). The highest BCUT2D eigenvalue weighted by molar-refractivity contribution is 6.10. The van der Waals surface area contributed by atoms with Crippen LogP contribution in [0, 0.1) is 0 Å². The average Bonchev–Trinajstić information content (AvgIpc) is 2.54. The Morgan fingerprint density at radius 2 is 1.54 bits per heavy atom. The highest BCUT2D eigenvalue weighted by Gasteiger charge is 2.34. The quantitative estimate of drug-likeness (QED) is 0.734. The van der Waals surface area contributed by atoms with Gasteiger partial charge in [0.2, 0.25) is 0 Å². The maximum absolute atomic E-state index is 12.8. The molecule has 3 nitrogen and oxygen atoms in total. The van der Waals surface area contributed by atoms with Crippen molar-refractivity contribution in [3.8, 4) is 5.75 Å². The van der Waals surface area contributed by atoms with Crippen molar-refractivity contribution in [1.29, 1.82) is 0 Å². The highest BCUT2D eigenvalue weighted by atomic mass is 19.4. The maximum atomic E-state index is 12.8. The number of halogens is 3. The molecule has 0 fully saturated rings. The Balaban J connectivity index is 2.06. The Labute approximate surface area is 135 Å². The molecule has 0 unspecified atom stereocenters. The molecule has 0 spiro atoms. The number of carbonyl (C=O) groups is 1. The number of hydrogen-bond acceptors (Lipinski definition) is 2. The van der Waals surface area contributed by atoms with Crippen LogP contribution in [-0.2, 0) is 0 Å². The topological polar surface area (TPSA) is 38.3 Å². The number of carbonyl (C=O) groups excluding carboxylic acids is 1. The molecule has 122 valence electrons. The van der Waals surface area contributed by atoms with Crippen molar-refractivity contribution < 1.29 is 22.7 Å². The lowest BCUT2D eigenvalue weighted by atomic mass is 10.0. The molecule has 0 bridgehead atoms. The fourth-order valence-corrected chi connectivity index (χ4v) is 2.37. The van der Waals surface area contributed by atoms with E-state index in [-0.39, 0.29) is 10.9 Å². The van der Waals surface area contributed by atoms with Crippen molar-refractivity contribution in [3.63, 3.8) is 0 Å². The fraction of sp³-hybridized carbons (Fsp3) is 0.0556. The molecule has 0 aliphatic rings. The molecule has 0 aromatic heterocycles. The molecule has 0 atom stereocenters. The summed E-state index contributed by atoms with van der Waals surface area (Å²) in [4.78, 5) is 12.4. The molecule has 3 rings (SSSR count). The number of hydrogen-bond donors (Lipinski definition) is 1. The van der Waals surface area contributed by atoms with Gasteiger partial charge in [-0.2, -0.15) is 0 Å². The van der Waals surface area contributed by atoms with Gasteiger partial charge in [0.1, 0.15) is 5.75 Å². The molecule has 1 amide bonds. The lowest BCUT2D eigenvalue weighted by molar-refractivity contribution is -0.274. The van der Waals surface area contributed by atoms with Crippen LogP contribution in [0.3, 0.4) is 0 Å². The van der Waals surface area contributed by atoms with Gasteiger partial charge in [-0.05, 0) is 23.6 Å². The minimum Gasteiger partial charge on any atom is -0.404 e. The Bertz CT molecular complexity index is 876. The molecule has 3 aromatic rings.